The Hall–Kier alpha value is -1.39. The second-order valence-corrected chi connectivity index (χ2v) is 7.89. The van der Waals surface area contributed by atoms with E-state index in [1.165, 1.54) is 19.4 Å². The monoisotopic (exact) mass is 408 g/mol. The van der Waals surface area contributed by atoms with E-state index in [0.29, 0.717) is 12.5 Å². The van der Waals surface area contributed by atoms with Gasteiger partial charge >= 0.3 is 12.1 Å². The zero-order valence-corrected chi connectivity index (χ0v) is 15.7. The molecule has 28 heavy (non-hydrogen) atoms. The summed E-state index contributed by atoms with van der Waals surface area (Å²) in [6, 6.07) is 0. The number of nitrogens with zero attached hydrogens (tertiary/aromatic N) is 2. The van der Waals surface area contributed by atoms with Gasteiger partial charge in [0.2, 0.25) is 5.91 Å². The van der Waals surface area contributed by atoms with Gasteiger partial charge < -0.3 is 14.7 Å². The first-order valence-electron chi connectivity index (χ1n) is 9.84. The van der Waals surface area contributed by atoms with Crippen LogP contribution in [-0.4, -0.2) is 78.6 Å². The van der Waals surface area contributed by atoms with E-state index in [2.05, 4.69) is 4.90 Å². The Balaban J connectivity index is 0.000000279. The largest absolute Gasteiger partial charge is 0.490 e. The van der Waals surface area contributed by atoms with E-state index in [-0.39, 0.29) is 17.9 Å². The molecule has 4 rings (SSSR count). The van der Waals surface area contributed by atoms with Crippen molar-refractivity contribution in [3.63, 3.8) is 0 Å². The Morgan fingerprint density at radius 1 is 1.07 bits per heavy atom. The molecule has 0 unspecified atom stereocenters. The number of fused-ring (bicyclic) bond motifs is 1. The number of alkyl halides is 3. The van der Waals surface area contributed by atoms with Gasteiger partial charge in [-0.15, -0.1) is 0 Å². The van der Waals surface area contributed by atoms with E-state index in [0.717, 1.165) is 51.4 Å². The predicted octanol–water partition coefficient (Wildman–Crippen LogP) is 1.92. The third-order valence-corrected chi connectivity index (χ3v) is 5.73. The van der Waals surface area contributed by atoms with Gasteiger partial charge in [-0.3, -0.25) is 9.63 Å². The summed E-state index contributed by atoms with van der Waals surface area (Å²) in [4.78, 5) is 29.7. The van der Waals surface area contributed by atoms with E-state index in [1.54, 1.807) is 5.06 Å². The lowest BCUT2D eigenvalue weighted by Gasteiger charge is -2.45. The molecule has 3 aliphatic heterocycles. The summed E-state index contributed by atoms with van der Waals surface area (Å²) in [6.45, 7) is 5.58. The highest BCUT2D eigenvalue weighted by Gasteiger charge is 2.44. The fourth-order valence-corrected chi connectivity index (χ4v) is 4.13. The van der Waals surface area contributed by atoms with E-state index >= 15 is 0 Å². The third-order valence-electron chi connectivity index (χ3n) is 5.73. The fraction of sp³-hybridized carbons (Fsp3) is 0.889. The molecule has 160 valence electrons. The van der Waals surface area contributed by atoms with Gasteiger partial charge in [-0.25, -0.2) is 9.86 Å². The summed E-state index contributed by atoms with van der Waals surface area (Å²) in [6.07, 6.45) is 0.900. The van der Waals surface area contributed by atoms with Gasteiger partial charge in [0.05, 0.1) is 19.3 Å². The van der Waals surface area contributed by atoms with Crippen LogP contribution in [-0.2, 0) is 19.2 Å². The molecule has 1 N–H and O–H groups in total. The van der Waals surface area contributed by atoms with Gasteiger partial charge in [-0.1, -0.05) is 0 Å². The molecule has 4 aliphatic rings. The van der Waals surface area contributed by atoms with Crippen LogP contribution in [0.1, 0.15) is 32.1 Å². The van der Waals surface area contributed by atoms with Crippen LogP contribution < -0.4 is 0 Å². The van der Waals surface area contributed by atoms with E-state index in [9.17, 15) is 18.0 Å². The van der Waals surface area contributed by atoms with Crippen LogP contribution in [0.5, 0.6) is 0 Å². The van der Waals surface area contributed by atoms with E-state index < -0.39 is 12.1 Å². The average molecular weight is 408 g/mol. The molecule has 0 aromatic rings. The van der Waals surface area contributed by atoms with Crippen LogP contribution >= 0.6 is 0 Å². The van der Waals surface area contributed by atoms with Crippen LogP contribution in [0.4, 0.5) is 13.2 Å². The molecule has 0 spiro atoms. The standard InChI is InChI=1S/C16H26N2O3.C2HF3O2/c19-16(18-6-1-8-21-18)13-5-9-20-15-4-7-17(11-14(13)15)10-12-2-3-12;3-2(4,5)1(6)7/h12-15H,1-11H2;(H,6,7)/t13-,14+,15-;/m1./s1. The molecule has 3 heterocycles. The quantitative estimate of drug-likeness (QED) is 0.769. The Bertz CT molecular complexity index is 564. The Labute approximate surface area is 161 Å². The van der Waals surface area contributed by atoms with Crippen molar-refractivity contribution in [1.82, 2.24) is 9.96 Å². The summed E-state index contributed by atoms with van der Waals surface area (Å²) >= 11 is 0. The first-order chi connectivity index (χ1) is 13.3. The highest BCUT2D eigenvalue weighted by atomic mass is 19.4. The lowest BCUT2D eigenvalue weighted by Crippen LogP contribution is -2.53. The maximum absolute atomic E-state index is 12.7. The van der Waals surface area contributed by atoms with Crippen LogP contribution in [0.15, 0.2) is 0 Å². The molecule has 0 bridgehead atoms. The molecule has 0 aromatic carbocycles. The molecule has 10 heteroatoms. The number of ether oxygens (including phenoxy) is 1. The van der Waals surface area contributed by atoms with E-state index in [4.69, 9.17) is 19.5 Å². The third kappa shape index (κ3) is 5.57. The van der Waals surface area contributed by atoms with Crippen molar-refractivity contribution in [3.8, 4) is 0 Å². The van der Waals surface area contributed by atoms with Crippen molar-refractivity contribution in [2.45, 2.75) is 44.4 Å². The van der Waals surface area contributed by atoms with Crippen LogP contribution in [0.25, 0.3) is 0 Å². The summed E-state index contributed by atoms with van der Waals surface area (Å²) in [5.74, 6) is -1.17. The van der Waals surface area contributed by atoms with Crippen LogP contribution in [0.3, 0.4) is 0 Å². The molecule has 7 nitrogen and oxygen atoms in total. The number of carbonyl (C=O) groups excluding carboxylic acids is 1. The highest BCUT2D eigenvalue weighted by molar-refractivity contribution is 5.78. The number of hydroxylamine groups is 2. The molecule has 0 aromatic heterocycles. The van der Waals surface area contributed by atoms with Crippen molar-refractivity contribution in [3.05, 3.63) is 0 Å². The molecule has 3 saturated heterocycles. The SMILES string of the molecule is O=C(O)C(F)(F)F.O=C([C@@H]1CCO[C@@H]2CCN(CC3CC3)C[C@H]21)N1CCCO1. The lowest BCUT2D eigenvalue weighted by atomic mass is 9.79. The Kier molecular flexibility index (Phi) is 6.82. The van der Waals surface area contributed by atoms with Gasteiger partial charge in [0, 0.05) is 38.1 Å². The molecule has 4 fully saturated rings. The normalized spacial score (nSPS) is 31.0. The summed E-state index contributed by atoms with van der Waals surface area (Å²) < 4.78 is 37.7. The number of carbonyl (C=O) groups is 2. The summed E-state index contributed by atoms with van der Waals surface area (Å²) in [5, 5.41) is 8.74. The molecular formula is C18H27F3N2O5. The number of hydrogen-bond donors (Lipinski definition) is 1. The number of carboxylic acids is 1. The van der Waals surface area contributed by atoms with Gasteiger partial charge in [-0.05, 0) is 38.0 Å². The second-order valence-electron chi connectivity index (χ2n) is 7.89. The molecule has 3 atom stereocenters. The van der Waals surface area contributed by atoms with Crippen LogP contribution in [0, 0.1) is 17.8 Å². The number of likely N-dealkylation sites (tertiary alicyclic amines) is 1. The predicted molar refractivity (Wildman–Crippen MR) is 91.1 cm³/mol. The van der Waals surface area contributed by atoms with Crippen molar-refractivity contribution in [2.75, 3.05) is 39.4 Å². The van der Waals surface area contributed by atoms with Gasteiger partial charge in [0.15, 0.2) is 0 Å². The minimum atomic E-state index is -5.08. The molecule has 1 aliphatic carbocycles. The minimum absolute atomic E-state index is 0.101. The summed E-state index contributed by atoms with van der Waals surface area (Å²) in [5.41, 5.74) is 0. The summed E-state index contributed by atoms with van der Waals surface area (Å²) in [7, 11) is 0. The van der Waals surface area contributed by atoms with Crippen molar-refractivity contribution in [1.29, 1.82) is 0 Å². The smallest absolute Gasteiger partial charge is 0.475 e. The van der Waals surface area contributed by atoms with Gasteiger partial charge in [-0.2, -0.15) is 13.2 Å². The average Bonchev–Trinajstić information content (AvgIpc) is 3.29. The first kappa shape index (κ1) is 21.3. The number of piperidine rings is 1. The van der Waals surface area contributed by atoms with Crippen molar-refractivity contribution in [2.24, 2.45) is 17.8 Å². The lowest BCUT2D eigenvalue weighted by molar-refractivity contribution is -0.192. The number of aliphatic carboxylic acids is 1. The Morgan fingerprint density at radius 2 is 1.79 bits per heavy atom. The topological polar surface area (TPSA) is 79.3 Å². The van der Waals surface area contributed by atoms with Crippen LogP contribution in [0.2, 0.25) is 0 Å². The maximum atomic E-state index is 12.7. The molecule has 1 saturated carbocycles. The van der Waals surface area contributed by atoms with Gasteiger partial charge in [0.25, 0.3) is 0 Å². The van der Waals surface area contributed by atoms with Crippen molar-refractivity contribution >= 4 is 11.9 Å². The molecule has 1 amide bonds. The maximum Gasteiger partial charge on any atom is 0.490 e. The number of carboxylic acid groups (broad SMARTS) is 1. The zero-order valence-electron chi connectivity index (χ0n) is 15.7. The first-order valence-corrected chi connectivity index (χ1v) is 9.84. The number of hydrogen-bond acceptors (Lipinski definition) is 5. The molecule has 0 radical (unpaired) electrons. The van der Waals surface area contributed by atoms with Gasteiger partial charge in [0.1, 0.15) is 0 Å². The second kappa shape index (κ2) is 8.96. The number of halogens is 3. The fourth-order valence-electron chi connectivity index (χ4n) is 4.13. The highest BCUT2D eigenvalue weighted by Crippen LogP contribution is 2.37. The molecular weight excluding hydrogens is 381 g/mol. The van der Waals surface area contributed by atoms with E-state index in [1.807, 2.05) is 0 Å². The Morgan fingerprint density at radius 3 is 2.36 bits per heavy atom. The van der Waals surface area contributed by atoms with Crippen molar-refractivity contribution < 1.29 is 37.4 Å². The number of amides is 1. The minimum Gasteiger partial charge on any atom is -0.475 e. The number of rotatable bonds is 3. The zero-order chi connectivity index (χ0) is 20.3.